The molecule has 0 aliphatic heterocycles. The molecule has 0 amide bonds. The molecule has 0 aromatic carbocycles. The molecule has 174 valence electrons. The first-order valence-electron chi connectivity index (χ1n) is 10.3. The van der Waals surface area contributed by atoms with E-state index in [1.54, 1.807) is 34.5 Å². The molecule has 2 fully saturated rings. The van der Waals surface area contributed by atoms with Gasteiger partial charge in [-0.3, -0.25) is 0 Å². The van der Waals surface area contributed by atoms with E-state index in [1.807, 2.05) is 6.88 Å². The van der Waals surface area contributed by atoms with E-state index in [2.05, 4.69) is 77.0 Å². The Bertz CT molecular complexity index is 532. The Morgan fingerprint density at radius 1 is 0.733 bits per heavy atom. The molecule has 6 atom stereocenters. The molecule has 0 N–H and O–H groups in total. The van der Waals surface area contributed by atoms with Crippen LogP contribution in [0.2, 0.25) is 0 Å². The van der Waals surface area contributed by atoms with Crippen LogP contribution in [-0.4, -0.2) is 6.88 Å². The number of fused-ring (bicyclic) bond motifs is 2. The third-order valence-electron chi connectivity index (χ3n) is 6.30. The summed E-state index contributed by atoms with van der Waals surface area (Å²) in [6.07, 6.45) is 23.8. The standard InChI is InChI=1S/2C12H17.2CH3.2ClH.H2Si.Zr/c2*1-9-7-11-6-4-3-5-10(2)12(11)8-9;;;;;;/h2*3-4,6-7,9-10,12H,5,8H2,1-2H3;2*1H3;2*1H;1H2;/q4*-1;;;;. The average Bonchev–Trinajstić information content (AvgIpc) is 3.09. The van der Waals surface area contributed by atoms with Crippen molar-refractivity contribution in [2.75, 3.05) is 0 Å². The van der Waals surface area contributed by atoms with Crippen molar-refractivity contribution in [1.29, 1.82) is 0 Å². The third-order valence-corrected chi connectivity index (χ3v) is 6.30. The van der Waals surface area contributed by atoms with Crippen LogP contribution in [0.25, 0.3) is 0 Å². The van der Waals surface area contributed by atoms with Gasteiger partial charge in [-0.1, -0.05) is 52.4 Å². The van der Waals surface area contributed by atoms with E-state index in [1.165, 1.54) is 25.7 Å². The fourth-order valence-electron chi connectivity index (χ4n) is 4.87. The van der Waals surface area contributed by atoms with E-state index in [0.29, 0.717) is 0 Å². The van der Waals surface area contributed by atoms with Crippen LogP contribution in [0.1, 0.15) is 53.4 Å². The molecule has 0 nitrogen and oxygen atoms in total. The number of hydrogen-bond donors (Lipinski definition) is 0. The minimum atomic E-state index is 0. The second kappa shape index (κ2) is 17.9. The van der Waals surface area contributed by atoms with Gasteiger partial charge in [0.2, 0.25) is 0 Å². The monoisotopic (exact) mass is 544 g/mol. The van der Waals surface area contributed by atoms with E-state index in [9.17, 15) is 0 Å². The fraction of sp³-hybridized carbons (Fsp3) is 0.538. The molecule has 0 aromatic heterocycles. The van der Waals surface area contributed by atoms with E-state index < -0.39 is 0 Å². The first kappa shape index (κ1) is 35.0. The number of halogens is 2. The molecular formula is C26H44Cl2SiZr-4. The van der Waals surface area contributed by atoms with Crippen molar-refractivity contribution in [2.24, 2.45) is 35.5 Å². The molecule has 6 unspecified atom stereocenters. The van der Waals surface area contributed by atoms with Gasteiger partial charge in [-0.2, -0.15) is 0 Å². The summed E-state index contributed by atoms with van der Waals surface area (Å²) in [6, 6.07) is 0. The summed E-state index contributed by atoms with van der Waals surface area (Å²) in [7, 11) is 0. The summed E-state index contributed by atoms with van der Waals surface area (Å²) < 4.78 is 0. The van der Waals surface area contributed by atoms with E-state index >= 15 is 0 Å². The predicted octanol–water partition coefficient (Wildman–Crippen LogP) is 7.56. The maximum atomic E-state index is 2.44. The second-order valence-corrected chi connectivity index (χ2v) is 8.59. The Morgan fingerprint density at radius 2 is 1.07 bits per heavy atom. The van der Waals surface area contributed by atoms with Gasteiger partial charge in [-0.25, -0.2) is 36.1 Å². The molecule has 2 saturated carbocycles. The van der Waals surface area contributed by atoms with Crippen molar-refractivity contribution in [3.05, 3.63) is 75.3 Å². The van der Waals surface area contributed by atoms with Gasteiger partial charge in [0, 0.05) is 0 Å². The summed E-state index contributed by atoms with van der Waals surface area (Å²) in [5.74, 6) is 4.97. The Morgan fingerprint density at radius 3 is 1.40 bits per heavy atom. The van der Waals surface area contributed by atoms with Gasteiger partial charge in [0.25, 0.3) is 0 Å². The van der Waals surface area contributed by atoms with E-state index in [-0.39, 0.29) is 39.7 Å². The molecule has 0 aromatic rings. The molecular weight excluding hydrogens is 503 g/mol. The predicted molar refractivity (Wildman–Crippen MR) is 141 cm³/mol. The fourth-order valence-corrected chi connectivity index (χ4v) is 4.87. The van der Waals surface area contributed by atoms with Crippen LogP contribution < -0.4 is 0 Å². The van der Waals surface area contributed by atoms with Crippen molar-refractivity contribution in [3.63, 3.8) is 0 Å². The zero-order chi connectivity index (χ0) is 19.1. The van der Waals surface area contributed by atoms with E-state index in [0.717, 1.165) is 35.5 Å². The maximum absolute atomic E-state index is 2.44. The molecule has 4 rings (SSSR count). The first-order chi connectivity index (χ1) is 12.5. The van der Waals surface area contributed by atoms with E-state index in [4.69, 9.17) is 0 Å². The summed E-state index contributed by atoms with van der Waals surface area (Å²) in [6.45, 7) is 11.4. The zero-order valence-electron chi connectivity index (χ0n) is 19.9. The quantitative estimate of drug-likeness (QED) is 0.217. The number of hydrogen-bond acceptors (Lipinski definition) is 0. The molecule has 4 aliphatic carbocycles. The number of rotatable bonds is 0. The van der Waals surface area contributed by atoms with Crippen molar-refractivity contribution >= 4 is 31.7 Å². The third kappa shape index (κ3) is 9.89. The molecule has 0 bridgehead atoms. The van der Waals surface area contributed by atoms with Gasteiger partial charge in [0.1, 0.15) is 0 Å². The molecule has 0 radical (unpaired) electrons. The average molecular weight is 547 g/mol. The molecule has 4 aliphatic rings. The first-order valence-corrected chi connectivity index (χ1v) is 16.2. The summed E-state index contributed by atoms with van der Waals surface area (Å²) in [4.78, 5) is 0. The van der Waals surface area contributed by atoms with Crippen molar-refractivity contribution < 1.29 is 23.3 Å². The van der Waals surface area contributed by atoms with Gasteiger partial charge in [-0.15, -0.1) is 49.1 Å². The van der Waals surface area contributed by atoms with Gasteiger partial charge in [0.05, 0.1) is 0 Å². The molecule has 0 heterocycles. The second-order valence-electron chi connectivity index (χ2n) is 8.59. The minimum absolute atomic E-state index is 0. The molecule has 30 heavy (non-hydrogen) atoms. The topological polar surface area (TPSA) is 0 Å². The van der Waals surface area contributed by atoms with Crippen LogP contribution in [0.15, 0.2) is 47.6 Å². The van der Waals surface area contributed by atoms with Crippen LogP contribution in [0, 0.1) is 63.2 Å². The van der Waals surface area contributed by atoms with Crippen molar-refractivity contribution in [2.45, 2.75) is 53.4 Å². The SMILES string of the molecule is CC1[CH-]C2=CC=CCC(C)C2C1.CC1[CH-]C2=CC=CCC(C)C2C1.Cl.Cl.[CH3-].[CH3-].[SiH2]=[Zr]. The Balaban J connectivity index is -0.000000400. The van der Waals surface area contributed by atoms with Crippen LogP contribution in [0.3, 0.4) is 0 Å². The normalized spacial score (nSPS) is 32.0. The summed E-state index contributed by atoms with van der Waals surface area (Å²) in [5, 5.41) is 0. The zero-order valence-corrected chi connectivity index (χ0v) is 25.4. The van der Waals surface area contributed by atoms with Crippen LogP contribution in [0.5, 0.6) is 0 Å². The Kier molecular flexibility index (Phi) is 20.8. The molecule has 0 saturated heterocycles. The van der Waals surface area contributed by atoms with Gasteiger partial charge in [-0.05, 0) is 36.5 Å². The molecule has 4 heteroatoms. The van der Waals surface area contributed by atoms with Gasteiger partial charge < -0.3 is 14.9 Å². The van der Waals surface area contributed by atoms with Crippen molar-refractivity contribution in [3.8, 4) is 0 Å². The van der Waals surface area contributed by atoms with Crippen molar-refractivity contribution in [1.82, 2.24) is 0 Å². The Labute approximate surface area is 217 Å². The summed E-state index contributed by atoms with van der Waals surface area (Å²) >= 11 is 1.58. The van der Waals surface area contributed by atoms with Crippen LogP contribution in [-0.2, 0) is 23.3 Å². The van der Waals surface area contributed by atoms with Crippen LogP contribution in [0.4, 0.5) is 0 Å². The van der Waals surface area contributed by atoms with Gasteiger partial charge >= 0.3 is 30.2 Å². The summed E-state index contributed by atoms with van der Waals surface area (Å²) in [5.41, 5.74) is 3.17. The molecule has 0 spiro atoms. The van der Waals surface area contributed by atoms with Crippen LogP contribution >= 0.6 is 24.8 Å². The number of allylic oxidation sites excluding steroid dienone is 8. The van der Waals surface area contributed by atoms with Gasteiger partial charge in [0.15, 0.2) is 0 Å². The Hall–Kier alpha value is 0.380.